The number of carbonyl (C=O) groups is 1. The molecule has 0 aliphatic heterocycles. The first-order chi connectivity index (χ1) is 12.6. The third kappa shape index (κ3) is 2.97. The quantitative estimate of drug-likeness (QED) is 0.586. The average Bonchev–Trinajstić information content (AvgIpc) is 3.27. The molecular formula is C20H17N3O3. The highest BCUT2D eigenvalue weighted by Crippen LogP contribution is 2.29. The van der Waals surface area contributed by atoms with E-state index < -0.39 is 5.92 Å². The van der Waals surface area contributed by atoms with Crippen molar-refractivity contribution in [3.8, 4) is 11.5 Å². The van der Waals surface area contributed by atoms with Gasteiger partial charge in [-0.15, -0.1) is 10.2 Å². The molecular weight excluding hydrogens is 330 g/mol. The number of hydrogen-bond donors (Lipinski definition) is 1. The Kier molecular flexibility index (Phi) is 4.01. The van der Waals surface area contributed by atoms with E-state index in [-0.39, 0.29) is 5.91 Å². The highest BCUT2D eigenvalue weighted by molar-refractivity contribution is 5.98. The van der Waals surface area contributed by atoms with Gasteiger partial charge >= 0.3 is 0 Å². The molecule has 2 aromatic carbocycles. The van der Waals surface area contributed by atoms with Gasteiger partial charge < -0.3 is 14.2 Å². The number of anilines is 1. The topological polar surface area (TPSA) is 81.2 Å². The van der Waals surface area contributed by atoms with Gasteiger partial charge in [0.1, 0.15) is 11.3 Å². The lowest BCUT2D eigenvalue weighted by atomic mass is 10.1. The molecule has 2 aromatic heterocycles. The summed E-state index contributed by atoms with van der Waals surface area (Å²) in [4.78, 5) is 12.7. The summed E-state index contributed by atoms with van der Waals surface area (Å²) in [6.45, 7) is 3.54. The van der Waals surface area contributed by atoms with Crippen LogP contribution in [0, 0.1) is 6.92 Å². The average molecular weight is 347 g/mol. The van der Waals surface area contributed by atoms with Crippen LogP contribution in [0.15, 0.2) is 63.4 Å². The van der Waals surface area contributed by atoms with Gasteiger partial charge in [0, 0.05) is 12.3 Å². The fourth-order valence-electron chi connectivity index (χ4n) is 2.77. The van der Waals surface area contributed by atoms with Crippen LogP contribution in [0.25, 0.3) is 22.4 Å². The van der Waals surface area contributed by atoms with E-state index in [1.54, 1.807) is 13.0 Å². The van der Waals surface area contributed by atoms with Gasteiger partial charge in [0.05, 0.1) is 17.2 Å². The normalized spacial score (nSPS) is 12.2. The van der Waals surface area contributed by atoms with Crippen molar-refractivity contribution >= 4 is 22.6 Å². The van der Waals surface area contributed by atoms with E-state index in [1.165, 1.54) is 0 Å². The number of fused-ring (bicyclic) bond motifs is 1. The second-order valence-corrected chi connectivity index (χ2v) is 6.07. The molecule has 1 unspecified atom stereocenters. The number of carbonyl (C=O) groups excluding carboxylic acids is 1. The van der Waals surface area contributed by atoms with Gasteiger partial charge in [0.25, 0.3) is 0 Å². The maximum absolute atomic E-state index is 12.7. The molecule has 4 rings (SSSR count). The molecule has 0 spiro atoms. The van der Waals surface area contributed by atoms with Crippen molar-refractivity contribution < 1.29 is 13.6 Å². The van der Waals surface area contributed by atoms with Crippen LogP contribution in [0.3, 0.4) is 0 Å². The molecule has 1 atom stereocenters. The van der Waals surface area contributed by atoms with Crippen molar-refractivity contribution in [1.82, 2.24) is 10.2 Å². The molecule has 130 valence electrons. The molecule has 1 N–H and O–H groups in total. The summed E-state index contributed by atoms with van der Waals surface area (Å²) in [6, 6.07) is 16.9. The van der Waals surface area contributed by atoms with E-state index >= 15 is 0 Å². The Bertz CT molecular complexity index is 1050. The molecule has 0 aliphatic rings. The standard InChI is InChI=1S/C20H17N3O3/c1-12(18-11-14-7-3-6-10-17(14)26-18)19(24)21-16-9-5-4-8-15(16)20-23-22-13(2)25-20/h3-12H,1-2H3,(H,21,24). The zero-order chi connectivity index (χ0) is 18.1. The summed E-state index contributed by atoms with van der Waals surface area (Å²) in [5.41, 5.74) is 2.06. The van der Waals surface area contributed by atoms with Crippen molar-refractivity contribution in [2.75, 3.05) is 5.32 Å². The fraction of sp³-hybridized carbons (Fsp3) is 0.150. The SMILES string of the molecule is Cc1nnc(-c2ccccc2NC(=O)C(C)c2cc3ccccc3o2)o1. The molecule has 6 heteroatoms. The summed E-state index contributed by atoms with van der Waals surface area (Å²) in [5.74, 6) is 0.842. The molecule has 0 saturated carbocycles. The fourth-order valence-corrected chi connectivity index (χ4v) is 2.77. The lowest BCUT2D eigenvalue weighted by molar-refractivity contribution is -0.117. The van der Waals surface area contributed by atoms with Crippen LogP contribution in [-0.4, -0.2) is 16.1 Å². The molecule has 0 radical (unpaired) electrons. The number of benzene rings is 2. The molecule has 0 aliphatic carbocycles. The van der Waals surface area contributed by atoms with Crippen molar-refractivity contribution in [1.29, 1.82) is 0 Å². The molecule has 1 amide bonds. The van der Waals surface area contributed by atoms with E-state index in [9.17, 15) is 4.79 Å². The number of amides is 1. The smallest absolute Gasteiger partial charge is 0.249 e. The number of nitrogens with zero attached hydrogens (tertiary/aromatic N) is 2. The minimum atomic E-state index is -0.445. The van der Waals surface area contributed by atoms with E-state index in [4.69, 9.17) is 8.83 Å². The predicted octanol–water partition coefficient (Wildman–Crippen LogP) is 4.53. The van der Waals surface area contributed by atoms with E-state index in [0.717, 1.165) is 11.0 Å². The number of hydrogen-bond acceptors (Lipinski definition) is 5. The molecule has 4 aromatic rings. The van der Waals surface area contributed by atoms with Crippen LogP contribution in [0.4, 0.5) is 5.69 Å². The summed E-state index contributed by atoms with van der Waals surface area (Å²) in [5, 5.41) is 11.8. The van der Waals surface area contributed by atoms with Gasteiger partial charge in [-0.05, 0) is 31.2 Å². The highest BCUT2D eigenvalue weighted by Gasteiger charge is 2.21. The zero-order valence-electron chi connectivity index (χ0n) is 14.4. The van der Waals surface area contributed by atoms with Gasteiger partial charge in [0.2, 0.25) is 17.7 Å². The Morgan fingerprint density at radius 3 is 2.58 bits per heavy atom. The van der Waals surface area contributed by atoms with Gasteiger partial charge in [-0.25, -0.2) is 0 Å². The molecule has 0 fully saturated rings. The Labute approximate surface area is 149 Å². The van der Waals surface area contributed by atoms with Crippen LogP contribution in [0.1, 0.15) is 24.5 Å². The van der Waals surface area contributed by atoms with E-state index in [0.29, 0.717) is 28.8 Å². The third-order valence-electron chi connectivity index (χ3n) is 4.21. The first kappa shape index (κ1) is 16.1. The maximum atomic E-state index is 12.7. The van der Waals surface area contributed by atoms with E-state index in [1.807, 2.05) is 55.5 Å². The lowest BCUT2D eigenvalue weighted by Crippen LogP contribution is -2.18. The summed E-state index contributed by atoms with van der Waals surface area (Å²) < 4.78 is 11.3. The third-order valence-corrected chi connectivity index (χ3v) is 4.21. The van der Waals surface area contributed by atoms with Crippen LogP contribution < -0.4 is 5.32 Å². The van der Waals surface area contributed by atoms with E-state index in [2.05, 4.69) is 15.5 Å². The molecule has 0 saturated heterocycles. The second kappa shape index (κ2) is 6.48. The van der Waals surface area contributed by atoms with Gasteiger partial charge in [-0.3, -0.25) is 4.79 Å². The Hall–Kier alpha value is -3.41. The Morgan fingerprint density at radius 2 is 1.81 bits per heavy atom. The van der Waals surface area contributed by atoms with Gasteiger partial charge in [0.15, 0.2) is 0 Å². The van der Waals surface area contributed by atoms with Crippen molar-refractivity contribution in [2.45, 2.75) is 19.8 Å². The largest absolute Gasteiger partial charge is 0.460 e. The number of aromatic nitrogens is 2. The Morgan fingerprint density at radius 1 is 1.04 bits per heavy atom. The van der Waals surface area contributed by atoms with Crippen LogP contribution in [0.2, 0.25) is 0 Å². The first-order valence-electron chi connectivity index (χ1n) is 8.30. The number of aryl methyl sites for hydroxylation is 1. The number of para-hydroxylation sites is 2. The van der Waals surface area contributed by atoms with Crippen LogP contribution in [-0.2, 0) is 4.79 Å². The van der Waals surface area contributed by atoms with Crippen LogP contribution in [0.5, 0.6) is 0 Å². The first-order valence-corrected chi connectivity index (χ1v) is 8.30. The summed E-state index contributed by atoms with van der Waals surface area (Å²) >= 11 is 0. The zero-order valence-corrected chi connectivity index (χ0v) is 14.4. The van der Waals surface area contributed by atoms with Crippen molar-refractivity contribution in [2.24, 2.45) is 0 Å². The number of nitrogens with one attached hydrogen (secondary N) is 1. The highest BCUT2D eigenvalue weighted by atomic mass is 16.4. The molecule has 26 heavy (non-hydrogen) atoms. The molecule has 0 bridgehead atoms. The van der Waals surface area contributed by atoms with Crippen molar-refractivity contribution in [3.05, 3.63) is 66.2 Å². The summed E-state index contributed by atoms with van der Waals surface area (Å²) in [6.07, 6.45) is 0. The molecule has 2 heterocycles. The molecule has 6 nitrogen and oxygen atoms in total. The predicted molar refractivity (Wildman–Crippen MR) is 97.7 cm³/mol. The second-order valence-electron chi connectivity index (χ2n) is 6.07. The van der Waals surface area contributed by atoms with Crippen molar-refractivity contribution in [3.63, 3.8) is 0 Å². The van der Waals surface area contributed by atoms with Gasteiger partial charge in [-0.1, -0.05) is 30.3 Å². The maximum Gasteiger partial charge on any atom is 0.249 e. The minimum Gasteiger partial charge on any atom is -0.460 e. The number of furan rings is 1. The lowest BCUT2D eigenvalue weighted by Gasteiger charge is -2.12. The van der Waals surface area contributed by atoms with Crippen LogP contribution >= 0.6 is 0 Å². The monoisotopic (exact) mass is 347 g/mol. The number of rotatable bonds is 4. The van der Waals surface area contributed by atoms with Gasteiger partial charge in [-0.2, -0.15) is 0 Å². The summed E-state index contributed by atoms with van der Waals surface area (Å²) in [7, 11) is 0. The minimum absolute atomic E-state index is 0.173. The Balaban J connectivity index is 1.60.